The summed E-state index contributed by atoms with van der Waals surface area (Å²) in [6.07, 6.45) is 2.48. The van der Waals surface area contributed by atoms with Crippen LogP contribution in [-0.2, 0) is 6.42 Å². The summed E-state index contributed by atoms with van der Waals surface area (Å²) in [6.45, 7) is 0.557. The van der Waals surface area contributed by atoms with Crippen molar-refractivity contribution in [1.82, 2.24) is 15.5 Å². The van der Waals surface area contributed by atoms with Gasteiger partial charge >= 0.3 is 6.03 Å². The summed E-state index contributed by atoms with van der Waals surface area (Å²) >= 11 is 5.83. The van der Waals surface area contributed by atoms with E-state index in [2.05, 4.69) is 20.8 Å². The average molecular weight is 315 g/mol. The van der Waals surface area contributed by atoms with E-state index in [4.69, 9.17) is 11.6 Å². The molecule has 6 heteroatoms. The second-order valence-corrected chi connectivity index (χ2v) is 5.37. The molecule has 0 saturated carbocycles. The van der Waals surface area contributed by atoms with Crippen molar-refractivity contribution in [3.63, 3.8) is 0 Å². The standard InChI is InChI=1S/C16H15ClN4O/c17-13-3-1-11(2-4-13)7-8-18-16(22)20-14-5-6-15-12(9-14)10-19-21-15/h1-6,9-10H,7-8H2,(H,19,21)(H2,18,20,22). The van der Waals surface area contributed by atoms with E-state index in [9.17, 15) is 4.79 Å². The fraction of sp³-hybridized carbons (Fsp3) is 0.125. The van der Waals surface area contributed by atoms with E-state index in [1.54, 1.807) is 6.20 Å². The Balaban J connectivity index is 1.50. The van der Waals surface area contributed by atoms with Crippen LogP contribution in [0.4, 0.5) is 10.5 Å². The lowest BCUT2D eigenvalue weighted by molar-refractivity contribution is 0.252. The number of amides is 2. The van der Waals surface area contributed by atoms with Crippen molar-refractivity contribution in [3.8, 4) is 0 Å². The van der Waals surface area contributed by atoms with Crippen LogP contribution in [0.5, 0.6) is 0 Å². The van der Waals surface area contributed by atoms with Gasteiger partial charge in [-0.1, -0.05) is 23.7 Å². The second kappa shape index (κ2) is 6.49. The number of hydrogen-bond acceptors (Lipinski definition) is 2. The molecule has 1 heterocycles. The van der Waals surface area contributed by atoms with Gasteiger partial charge in [-0.05, 0) is 42.3 Å². The van der Waals surface area contributed by atoms with Crippen LogP contribution in [0.2, 0.25) is 5.02 Å². The van der Waals surface area contributed by atoms with E-state index in [-0.39, 0.29) is 6.03 Å². The Hall–Kier alpha value is -2.53. The molecule has 5 nitrogen and oxygen atoms in total. The molecule has 0 unspecified atom stereocenters. The largest absolute Gasteiger partial charge is 0.338 e. The molecule has 2 aromatic carbocycles. The number of halogens is 1. The fourth-order valence-corrected chi connectivity index (χ4v) is 2.29. The number of nitrogens with one attached hydrogen (secondary N) is 3. The maximum atomic E-state index is 11.9. The zero-order valence-corrected chi connectivity index (χ0v) is 12.5. The highest BCUT2D eigenvalue weighted by Gasteiger charge is 2.03. The van der Waals surface area contributed by atoms with Crippen molar-refractivity contribution < 1.29 is 4.79 Å². The number of aromatic nitrogens is 2. The number of rotatable bonds is 4. The third kappa shape index (κ3) is 3.56. The zero-order chi connectivity index (χ0) is 15.4. The van der Waals surface area contributed by atoms with Crippen LogP contribution in [0.3, 0.4) is 0 Å². The van der Waals surface area contributed by atoms with Crippen molar-refractivity contribution in [2.75, 3.05) is 11.9 Å². The second-order valence-electron chi connectivity index (χ2n) is 4.93. The number of anilines is 1. The van der Waals surface area contributed by atoms with E-state index in [1.807, 2.05) is 42.5 Å². The highest BCUT2D eigenvalue weighted by molar-refractivity contribution is 6.30. The van der Waals surface area contributed by atoms with Crippen LogP contribution in [0, 0.1) is 0 Å². The van der Waals surface area contributed by atoms with Crippen molar-refractivity contribution >= 4 is 34.2 Å². The number of carbonyl (C=O) groups excluding carboxylic acids is 1. The summed E-state index contributed by atoms with van der Waals surface area (Å²) in [6, 6.07) is 13.0. The molecule has 0 atom stereocenters. The molecule has 0 saturated heterocycles. The number of fused-ring (bicyclic) bond motifs is 1. The van der Waals surface area contributed by atoms with Crippen LogP contribution in [0.1, 0.15) is 5.56 Å². The Morgan fingerprint density at radius 2 is 2.00 bits per heavy atom. The molecular formula is C16H15ClN4O. The average Bonchev–Trinajstić information content (AvgIpc) is 2.97. The minimum absolute atomic E-state index is 0.225. The van der Waals surface area contributed by atoms with E-state index in [1.165, 1.54) is 0 Å². The first kappa shape index (κ1) is 14.4. The highest BCUT2D eigenvalue weighted by Crippen LogP contribution is 2.16. The Morgan fingerprint density at radius 3 is 2.82 bits per heavy atom. The molecule has 112 valence electrons. The molecule has 1 aromatic heterocycles. The number of nitrogens with zero attached hydrogens (tertiary/aromatic N) is 1. The Labute approximate surface area is 132 Å². The molecule has 0 spiro atoms. The lowest BCUT2D eigenvalue weighted by Gasteiger charge is -2.08. The molecule has 0 fully saturated rings. The predicted octanol–water partition coefficient (Wildman–Crippen LogP) is 3.58. The van der Waals surface area contributed by atoms with Gasteiger partial charge < -0.3 is 10.6 Å². The van der Waals surface area contributed by atoms with Crippen LogP contribution in [0.15, 0.2) is 48.7 Å². The maximum absolute atomic E-state index is 11.9. The third-order valence-electron chi connectivity index (χ3n) is 3.31. The minimum atomic E-state index is -0.225. The monoisotopic (exact) mass is 314 g/mol. The van der Waals surface area contributed by atoms with Gasteiger partial charge in [0.2, 0.25) is 0 Å². The van der Waals surface area contributed by atoms with Crippen molar-refractivity contribution in [3.05, 3.63) is 59.2 Å². The number of carbonyl (C=O) groups is 1. The number of H-pyrrole nitrogens is 1. The lowest BCUT2D eigenvalue weighted by atomic mass is 10.1. The first-order valence-electron chi connectivity index (χ1n) is 6.93. The van der Waals surface area contributed by atoms with Gasteiger partial charge in [-0.3, -0.25) is 5.10 Å². The quantitative estimate of drug-likeness (QED) is 0.689. The molecule has 0 bridgehead atoms. The van der Waals surface area contributed by atoms with E-state index < -0.39 is 0 Å². The van der Waals surface area contributed by atoms with Crippen molar-refractivity contribution in [1.29, 1.82) is 0 Å². The molecule has 2 amide bonds. The van der Waals surface area contributed by atoms with Gasteiger partial charge in [0, 0.05) is 22.6 Å². The molecule has 3 aromatic rings. The molecule has 0 radical (unpaired) electrons. The van der Waals surface area contributed by atoms with E-state index >= 15 is 0 Å². The minimum Gasteiger partial charge on any atom is -0.338 e. The van der Waals surface area contributed by atoms with E-state index in [0.717, 1.165) is 28.6 Å². The highest BCUT2D eigenvalue weighted by atomic mass is 35.5. The third-order valence-corrected chi connectivity index (χ3v) is 3.56. The number of hydrogen-bond donors (Lipinski definition) is 3. The summed E-state index contributed by atoms with van der Waals surface area (Å²) in [5.74, 6) is 0. The van der Waals surface area contributed by atoms with Crippen LogP contribution < -0.4 is 10.6 Å². The summed E-state index contributed by atoms with van der Waals surface area (Å²) in [7, 11) is 0. The van der Waals surface area contributed by atoms with Crippen LogP contribution >= 0.6 is 11.6 Å². The van der Waals surface area contributed by atoms with Gasteiger partial charge in [-0.2, -0.15) is 5.10 Å². The van der Waals surface area contributed by atoms with Gasteiger partial charge in [0.05, 0.1) is 11.7 Å². The molecule has 22 heavy (non-hydrogen) atoms. The fourth-order valence-electron chi connectivity index (χ4n) is 2.17. The van der Waals surface area contributed by atoms with E-state index in [0.29, 0.717) is 11.6 Å². The molecule has 0 aliphatic rings. The van der Waals surface area contributed by atoms with Gasteiger partial charge in [0.1, 0.15) is 0 Å². The summed E-state index contributed by atoms with van der Waals surface area (Å²) in [5, 5.41) is 14.1. The Bertz CT molecular complexity index is 782. The Morgan fingerprint density at radius 1 is 1.18 bits per heavy atom. The first-order valence-corrected chi connectivity index (χ1v) is 7.31. The normalized spacial score (nSPS) is 10.6. The van der Waals surface area contributed by atoms with Crippen molar-refractivity contribution in [2.24, 2.45) is 0 Å². The number of urea groups is 1. The predicted molar refractivity (Wildman–Crippen MR) is 88.3 cm³/mol. The topological polar surface area (TPSA) is 69.8 Å². The van der Waals surface area contributed by atoms with Crippen molar-refractivity contribution in [2.45, 2.75) is 6.42 Å². The molecule has 3 rings (SSSR count). The molecule has 0 aliphatic carbocycles. The summed E-state index contributed by atoms with van der Waals surface area (Å²) in [4.78, 5) is 11.9. The van der Waals surface area contributed by atoms with Gasteiger partial charge in [0.25, 0.3) is 0 Å². The first-order chi connectivity index (χ1) is 10.7. The van der Waals surface area contributed by atoms with Gasteiger partial charge in [-0.25, -0.2) is 4.79 Å². The Kier molecular flexibility index (Phi) is 4.25. The smallest absolute Gasteiger partial charge is 0.319 e. The van der Waals surface area contributed by atoms with Crippen LogP contribution in [0.25, 0.3) is 10.9 Å². The number of aromatic amines is 1. The summed E-state index contributed by atoms with van der Waals surface area (Å²) < 4.78 is 0. The molecule has 0 aliphatic heterocycles. The maximum Gasteiger partial charge on any atom is 0.319 e. The lowest BCUT2D eigenvalue weighted by Crippen LogP contribution is -2.30. The van der Waals surface area contributed by atoms with Gasteiger partial charge in [-0.15, -0.1) is 0 Å². The molecule has 3 N–H and O–H groups in total. The number of benzene rings is 2. The zero-order valence-electron chi connectivity index (χ0n) is 11.8. The molecular weight excluding hydrogens is 300 g/mol. The SMILES string of the molecule is O=C(NCCc1ccc(Cl)cc1)Nc1ccc2[nH]ncc2c1. The van der Waals surface area contributed by atoms with Gasteiger partial charge in [0.15, 0.2) is 0 Å². The summed E-state index contributed by atoms with van der Waals surface area (Å²) in [5.41, 5.74) is 2.80. The van der Waals surface area contributed by atoms with Crippen LogP contribution in [-0.4, -0.2) is 22.8 Å².